The Hall–Kier alpha value is -0.900. The Balaban J connectivity index is 2.78. The lowest BCUT2D eigenvalue weighted by atomic mass is 10.0. The summed E-state index contributed by atoms with van der Waals surface area (Å²) in [5.41, 5.74) is 3.82. The Kier molecular flexibility index (Phi) is 3.89. The average Bonchev–Trinajstić information content (AvgIpc) is 2.20. The van der Waals surface area contributed by atoms with E-state index in [9.17, 15) is 0 Å². The van der Waals surface area contributed by atoms with Crippen LogP contribution in [0.3, 0.4) is 0 Å². The van der Waals surface area contributed by atoms with Crippen LogP contribution in [0.5, 0.6) is 0 Å². The molecule has 0 bridgehead atoms. The minimum absolute atomic E-state index is 0.00574. The number of benzene rings is 1. The molecule has 72 valence electrons. The van der Waals surface area contributed by atoms with Gasteiger partial charge in [-0.3, -0.25) is 11.3 Å². The zero-order valence-electron chi connectivity index (χ0n) is 8.03. The molecule has 2 unspecified atom stereocenters. The molecule has 0 heterocycles. The number of hydrogen-bond acceptors (Lipinski definition) is 3. The van der Waals surface area contributed by atoms with E-state index in [1.54, 1.807) is 7.11 Å². The zero-order valence-corrected chi connectivity index (χ0v) is 8.03. The number of ether oxygens (including phenoxy) is 1. The van der Waals surface area contributed by atoms with E-state index in [-0.39, 0.29) is 12.1 Å². The van der Waals surface area contributed by atoms with E-state index < -0.39 is 0 Å². The molecule has 2 atom stereocenters. The molecule has 3 N–H and O–H groups in total. The Bertz CT molecular complexity index is 238. The van der Waals surface area contributed by atoms with Crippen molar-refractivity contribution in [2.45, 2.75) is 19.1 Å². The summed E-state index contributed by atoms with van der Waals surface area (Å²) in [7, 11) is 1.69. The van der Waals surface area contributed by atoms with Crippen molar-refractivity contribution in [3.8, 4) is 0 Å². The number of hydrazine groups is 1. The predicted octanol–water partition coefficient (Wildman–Crippen LogP) is 1.23. The van der Waals surface area contributed by atoms with E-state index in [0.29, 0.717) is 0 Å². The minimum Gasteiger partial charge on any atom is -0.375 e. The van der Waals surface area contributed by atoms with Crippen molar-refractivity contribution in [1.82, 2.24) is 5.43 Å². The second kappa shape index (κ2) is 4.97. The maximum atomic E-state index is 5.36. The molecule has 1 rings (SSSR count). The molecule has 0 aliphatic carbocycles. The highest BCUT2D eigenvalue weighted by Crippen LogP contribution is 2.19. The smallest absolute Gasteiger partial charge is 0.0984 e. The second-order valence-corrected chi connectivity index (χ2v) is 3.02. The lowest BCUT2D eigenvalue weighted by molar-refractivity contribution is 0.0737. The Morgan fingerprint density at radius 3 is 2.38 bits per heavy atom. The van der Waals surface area contributed by atoms with Gasteiger partial charge in [0.2, 0.25) is 0 Å². The van der Waals surface area contributed by atoms with Gasteiger partial charge < -0.3 is 4.74 Å². The average molecular weight is 180 g/mol. The fourth-order valence-corrected chi connectivity index (χ4v) is 1.36. The first-order valence-electron chi connectivity index (χ1n) is 4.33. The summed E-state index contributed by atoms with van der Waals surface area (Å²) in [5, 5.41) is 0. The molecule has 0 saturated carbocycles. The number of rotatable bonds is 4. The highest BCUT2D eigenvalue weighted by atomic mass is 16.5. The van der Waals surface area contributed by atoms with Gasteiger partial charge in [0.15, 0.2) is 0 Å². The first-order valence-corrected chi connectivity index (χ1v) is 4.33. The van der Waals surface area contributed by atoms with E-state index in [0.717, 1.165) is 5.56 Å². The quantitative estimate of drug-likeness (QED) is 0.541. The topological polar surface area (TPSA) is 47.3 Å². The Morgan fingerprint density at radius 2 is 1.92 bits per heavy atom. The van der Waals surface area contributed by atoms with Gasteiger partial charge in [0, 0.05) is 13.2 Å². The van der Waals surface area contributed by atoms with Gasteiger partial charge in [0.25, 0.3) is 0 Å². The third-order valence-corrected chi connectivity index (χ3v) is 2.10. The fraction of sp³-hybridized carbons (Fsp3) is 0.400. The third kappa shape index (κ3) is 2.52. The van der Waals surface area contributed by atoms with E-state index in [1.165, 1.54) is 0 Å². The van der Waals surface area contributed by atoms with E-state index in [2.05, 4.69) is 5.43 Å². The van der Waals surface area contributed by atoms with E-state index >= 15 is 0 Å². The maximum Gasteiger partial charge on any atom is 0.0984 e. The lowest BCUT2D eigenvalue weighted by Gasteiger charge is -2.22. The molecule has 0 radical (unpaired) electrons. The summed E-state index contributed by atoms with van der Waals surface area (Å²) in [6.45, 7) is 1.99. The van der Waals surface area contributed by atoms with E-state index in [4.69, 9.17) is 10.6 Å². The molecule has 3 heteroatoms. The zero-order chi connectivity index (χ0) is 9.68. The summed E-state index contributed by atoms with van der Waals surface area (Å²) in [6.07, 6.45) is 0.00574. The highest BCUT2D eigenvalue weighted by Gasteiger charge is 2.16. The van der Waals surface area contributed by atoms with Crippen LogP contribution in [-0.4, -0.2) is 13.2 Å². The first-order chi connectivity index (χ1) is 6.29. The van der Waals surface area contributed by atoms with Crippen molar-refractivity contribution in [3.63, 3.8) is 0 Å². The van der Waals surface area contributed by atoms with Crippen molar-refractivity contribution in [2.24, 2.45) is 5.84 Å². The molecule has 1 aromatic rings. The minimum atomic E-state index is 0.00574. The highest BCUT2D eigenvalue weighted by molar-refractivity contribution is 5.18. The van der Waals surface area contributed by atoms with Crippen LogP contribution in [0.4, 0.5) is 0 Å². The van der Waals surface area contributed by atoms with Gasteiger partial charge in [-0.2, -0.15) is 0 Å². The number of methoxy groups -OCH3 is 1. The van der Waals surface area contributed by atoms with Crippen LogP contribution >= 0.6 is 0 Å². The molecule has 0 fully saturated rings. The van der Waals surface area contributed by atoms with Crippen LogP contribution in [0.15, 0.2) is 30.3 Å². The number of nitrogens with one attached hydrogen (secondary N) is 1. The van der Waals surface area contributed by atoms with Crippen LogP contribution in [0.1, 0.15) is 18.6 Å². The largest absolute Gasteiger partial charge is 0.375 e. The molecule has 0 saturated heterocycles. The molecular formula is C10H16N2O. The molecule has 13 heavy (non-hydrogen) atoms. The van der Waals surface area contributed by atoms with Gasteiger partial charge in [-0.05, 0) is 12.5 Å². The molecular weight excluding hydrogens is 164 g/mol. The fourth-order valence-electron chi connectivity index (χ4n) is 1.36. The van der Waals surface area contributed by atoms with Crippen molar-refractivity contribution < 1.29 is 4.74 Å². The van der Waals surface area contributed by atoms with Crippen molar-refractivity contribution in [3.05, 3.63) is 35.9 Å². The summed E-state index contributed by atoms with van der Waals surface area (Å²) in [6, 6.07) is 10.1. The van der Waals surface area contributed by atoms with Crippen molar-refractivity contribution >= 4 is 0 Å². The van der Waals surface area contributed by atoms with Gasteiger partial charge in [0.05, 0.1) is 6.10 Å². The van der Waals surface area contributed by atoms with Gasteiger partial charge >= 0.3 is 0 Å². The predicted molar refractivity (Wildman–Crippen MR) is 53.0 cm³/mol. The second-order valence-electron chi connectivity index (χ2n) is 3.02. The molecule has 0 amide bonds. The summed E-state index contributed by atoms with van der Waals surface area (Å²) < 4.78 is 5.35. The van der Waals surface area contributed by atoms with Crippen molar-refractivity contribution in [2.75, 3.05) is 7.11 Å². The normalized spacial score (nSPS) is 15.3. The molecule has 1 aromatic carbocycles. The van der Waals surface area contributed by atoms with Crippen molar-refractivity contribution in [1.29, 1.82) is 0 Å². The van der Waals surface area contributed by atoms with Crippen LogP contribution in [0, 0.1) is 0 Å². The SMILES string of the molecule is COC(c1ccccc1)C(C)NN. The monoisotopic (exact) mass is 180 g/mol. The lowest BCUT2D eigenvalue weighted by Crippen LogP contribution is -2.38. The van der Waals surface area contributed by atoms with Gasteiger partial charge in [-0.1, -0.05) is 30.3 Å². The third-order valence-electron chi connectivity index (χ3n) is 2.10. The van der Waals surface area contributed by atoms with Gasteiger partial charge in [-0.15, -0.1) is 0 Å². The molecule has 0 aliphatic rings. The van der Waals surface area contributed by atoms with Gasteiger partial charge in [0.1, 0.15) is 0 Å². The molecule has 0 aromatic heterocycles. The standard InChI is InChI=1S/C10H16N2O/c1-8(12-11)10(13-2)9-6-4-3-5-7-9/h3-8,10,12H,11H2,1-2H3. The Labute approximate surface area is 78.9 Å². The summed E-state index contributed by atoms with van der Waals surface area (Å²) in [4.78, 5) is 0. The first kappa shape index (κ1) is 10.2. The van der Waals surface area contributed by atoms with Crippen LogP contribution in [0.25, 0.3) is 0 Å². The number of nitrogens with two attached hydrogens (primary N) is 1. The molecule has 3 nitrogen and oxygen atoms in total. The Morgan fingerprint density at radius 1 is 1.31 bits per heavy atom. The maximum absolute atomic E-state index is 5.36. The summed E-state index contributed by atoms with van der Waals surface area (Å²) in [5.74, 6) is 5.36. The van der Waals surface area contributed by atoms with Gasteiger partial charge in [-0.25, -0.2) is 0 Å². The summed E-state index contributed by atoms with van der Waals surface area (Å²) >= 11 is 0. The number of hydrogen-bond donors (Lipinski definition) is 2. The molecule has 0 spiro atoms. The van der Waals surface area contributed by atoms with E-state index in [1.807, 2.05) is 37.3 Å². The van der Waals surface area contributed by atoms with Crippen LogP contribution in [0.2, 0.25) is 0 Å². The van der Waals surface area contributed by atoms with Crippen LogP contribution < -0.4 is 11.3 Å². The molecule has 0 aliphatic heterocycles. The van der Waals surface area contributed by atoms with Crippen LogP contribution in [-0.2, 0) is 4.74 Å².